The summed E-state index contributed by atoms with van der Waals surface area (Å²) in [6.45, 7) is 19.3. The van der Waals surface area contributed by atoms with E-state index in [0.717, 1.165) is 30.9 Å². The number of rotatable bonds is 7. The van der Waals surface area contributed by atoms with Crippen LogP contribution in [0.4, 0.5) is 10.1 Å². The van der Waals surface area contributed by atoms with Gasteiger partial charge in [0.25, 0.3) is 0 Å². The fourth-order valence-electron chi connectivity index (χ4n) is 3.26. The lowest BCUT2D eigenvalue weighted by molar-refractivity contribution is -0.0980. The van der Waals surface area contributed by atoms with Crippen LogP contribution in [0, 0.1) is 5.92 Å². The molecule has 1 unspecified atom stereocenters. The first-order valence-corrected chi connectivity index (χ1v) is 13.1. The van der Waals surface area contributed by atoms with Crippen LogP contribution in [0.25, 0.3) is 5.57 Å². The highest BCUT2D eigenvalue weighted by atomic mass is 19.1. The van der Waals surface area contributed by atoms with Crippen molar-refractivity contribution >= 4 is 24.3 Å². The van der Waals surface area contributed by atoms with Crippen molar-refractivity contribution < 1.29 is 14.0 Å². The summed E-state index contributed by atoms with van der Waals surface area (Å²) in [5, 5.41) is 7.35. The molecular weight excluding hydrogens is 465 g/mol. The molecule has 0 heterocycles. The highest BCUT2D eigenvalue weighted by Crippen LogP contribution is 2.34. The molecule has 1 aliphatic carbocycles. The summed E-state index contributed by atoms with van der Waals surface area (Å²) in [5.41, 5.74) is 6.40. The van der Waals surface area contributed by atoms with Gasteiger partial charge >= 0.3 is 0 Å². The van der Waals surface area contributed by atoms with Crippen LogP contribution in [0.2, 0.25) is 0 Å². The zero-order chi connectivity index (χ0) is 29.2. The van der Waals surface area contributed by atoms with Crippen molar-refractivity contribution in [2.24, 2.45) is 11.1 Å². The first kappa shape index (κ1) is 38.8. The number of nitrogens with one attached hydrogen (secondary N) is 1. The molecule has 0 spiro atoms. The third-order valence-corrected chi connectivity index (χ3v) is 4.97. The van der Waals surface area contributed by atoms with Crippen LogP contribution < -0.4 is 10.2 Å². The average molecular weight is 520 g/mol. The fraction of sp³-hybridized carbons (Fsp3) is 0.548. The zero-order valence-electron chi connectivity index (χ0n) is 25.4. The largest absolute Gasteiger partial charge is 0.399 e. The minimum atomic E-state index is 0.500. The van der Waals surface area contributed by atoms with Crippen LogP contribution in [-0.2, 0) is 9.63 Å². The molecule has 0 saturated heterocycles. The van der Waals surface area contributed by atoms with E-state index in [4.69, 9.17) is 9.63 Å². The summed E-state index contributed by atoms with van der Waals surface area (Å²) in [6, 6.07) is 7.07. The second-order valence-electron chi connectivity index (χ2n) is 8.87. The molecule has 1 aromatic rings. The Labute approximate surface area is 227 Å². The normalized spacial score (nSPS) is 14.7. The zero-order valence-corrected chi connectivity index (χ0v) is 25.4. The predicted octanol–water partition coefficient (Wildman–Crippen LogP) is 8.22. The molecule has 0 bridgehead atoms. The van der Waals surface area contributed by atoms with E-state index < -0.39 is 0 Å². The smallest absolute Gasteiger partial charge is 0.106 e. The van der Waals surface area contributed by atoms with Gasteiger partial charge in [-0.05, 0) is 76.3 Å². The lowest BCUT2D eigenvalue weighted by Gasteiger charge is -2.28. The van der Waals surface area contributed by atoms with Gasteiger partial charge in [0.15, 0.2) is 0 Å². The Morgan fingerprint density at radius 2 is 1.84 bits per heavy atom. The molecule has 1 N–H and O–H groups in total. The number of oxime groups is 1. The van der Waals surface area contributed by atoms with E-state index in [1.165, 1.54) is 34.9 Å². The number of likely N-dealkylation sites (N-methyl/N-ethyl adjacent to an activating group) is 1. The van der Waals surface area contributed by atoms with Crippen molar-refractivity contribution in [3.05, 3.63) is 59.5 Å². The SMILES string of the molecule is C/C=C(\C)CN(C)c1ccc(/C=N/OC)cc1C1=CCCC(NC)C1.C/C=C/F.C=O.CC.CC(C)C. The molecule has 0 fully saturated rings. The Balaban J connectivity index is -0.000000818. The van der Waals surface area contributed by atoms with E-state index in [1.54, 1.807) is 20.2 Å². The summed E-state index contributed by atoms with van der Waals surface area (Å²) in [6.07, 6.45) is 11.5. The standard InChI is InChI=1S/C21H31N3O.C4H10.C3H5F.C2H6.CH2O/c1-6-16(2)15-24(4)21-11-10-17(14-23-25-5)12-20(21)18-8-7-9-19(13-18)22-3;1-4(2)3;1-2-3-4;2*1-2/h6,8,10-12,14,19,22H,7,9,13,15H2,1-5H3;4H,1-3H3;2-3H,1H3;1-2H3;1H2/b16-6+,23-14+;;3-2+;;. The first-order chi connectivity index (χ1) is 17.7. The van der Waals surface area contributed by atoms with Crippen LogP contribution >= 0.6 is 0 Å². The highest BCUT2D eigenvalue weighted by Gasteiger charge is 2.19. The number of benzene rings is 1. The summed E-state index contributed by atoms with van der Waals surface area (Å²) in [7, 11) is 5.78. The van der Waals surface area contributed by atoms with Gasteiger partial charge in [-0.25, -0.2) is 4.39 Å². The molecule has 1 aliphatic rings. The van der Waals surface area contributed by atoms with E-state index in [9.17, 15) is 4.39 Å². The monoisotopic (exact) mass is 519 g/mol. The van der Waals surface area contributed by atoms with Crippen LogP contribution in [0.5, 0.6) is 0 Å². The second kappa shape index (κ2) is 26.3. The molecular formula is C31H54FN3O2. The van der Waals surface area contributed by atoms with E-state index in [1.807, 2.05) is 20.6 Å². The van der Waals surface area contributed by atoms with Crippen molar-refractivity contribution in [2.45, 2.75) is 80.7 Å². The maximum Gasteiger partial charge on any atom is 0.106 e. The molecule has 0 saturated carbocycles. The quantitative estimate of drug-likeness (QED) is 0.224. The van der Waals surface area contributed by atoms with Crippen molar-refractivity contribution in [3.8, 4) is 0 Å². The molecule has 1 aromatic carbocycles. The van der Waals surface area contributed by atoms with E-state index in [0.29, 0.717) is 12.4 Å². The van der Waals surface area contributed by atoms with Crippen LogP contribution in [-0.4, -0.2) is 46.8 Å². The third kappa shape index (κ3) is 19.1. The Morgan fingerprint density at radius 1 is 1.27 bits per heavy atom. The molecule has 37 heavy (non-hydrogen) atoms. The molecule has 5 nitrogen and oxygen atoms in total. The fourth-order valence-corrected chi connectivity index (χ4v) is 3.26. The number of anilines is 1. The minimum Gasteiger partial charge on any atom is -0.399 e. The van der Waals surface area contributed by atoms with E-state index in [2.05, 4.69) is 94.4 Å². The predicted molar refractivity (Wildman–Crippen MR) is 163 cm³/mol. The number of nitrogens with zero attached hydrogens (tertiary/aromatic N) is 2. The topological polar surface area (TPSA) is 53.9 Å². The summed E-state index contributed by atoms with van der Waals surface area (Å²) in [4.78, 5) is 15.2. The summed E-state index contributed by atoms with van der Waals surface area (Å²) in [5.74, 6) is 0.833. The molecule has 2 rings (SSSR count). The molecule has 0 amide bonds. The van der Waals surface area contributed by atoms with Crippen molar-refractivity contribution in [3.63, 3.8) is 0 Å². The maximum atomic E-state index is 10.5. The molecule has 0 aromatic heterocycles. The van der Waals surface area contributed by atoms with Gasteiger partial charge in [-0.1, -0.05) is 69.6 Å². The van der Waals surface area contributed by atoms with Crippen LogP contribution in [0.1, 0.15) is 85.8 Å². The van der Waals surface area contributed by atoms with Gasteiger partial charge in [0.2, 0.25) is 0 Å². The van der Waals surface area contributed by atoms with Gasteiger partial charge in [0.05, 0.1) is 12.5 Å². The lowest BCUT2D eigenvalue weighted by atomic mass is 9.88. The lowest BCUT2D eigenvalue weighted by Crippen LogP contribution is -2.27. The Bertz CT molecular complexity index is 795. The number of carbonyl (C=O) groups is 1. The average Bonchev–Trinajstić information content (AvgIpc) is 2.93. The molecule has 6 heteroatoms. The van der Waals surface area contributed by atoms with E-state index >= 15 is 0 Å². The van der Waals surface area contributed by atoms with E-state index in [-0.39, 0.29) is 0 Å². The van der Waals surface area contributed by atoms with Gasteiger partial charge in [-0.2, -0.15) is 0 Å². The number of hydrogen-bond donors (Lipinski definition) is 1. The van der Waals surface area contributed by atoms with Gasteiger partial charge < -0.3 is 19.8 Å². The highest BCUT2D eigenvalue weighted by molar-refractivity contribution is 5.86. The van der Waals surface area contributed by atoms with Gasteiger partial charge in [-0.15, -0.1) is 0 Å². The summed E-state index contributed by atoms with van der Waals surface area (Å²) < 4.78 is 10.5. The number of carbonyl (C=O) groups excluding carboxylic acids is 1. The van der Waals surface area contributed by atoms with Crippen LogP contribution in [0.15, 0.2) is 53.5 Å². The van der Waals surface area contributed by atoms with Crippen LogP contribution in [0.3, 0.4) is 0 Å². The van der Waals surface area contributed by atoms with Gasteiger partial charge in [0.1, 0.15) is 13.9 Å². The Kier molecular flexibility index (Phi) is 27.6. The van der Waals surface area contributed by atoms with Crippen molar-refractivity contribution in [2.75, 3.05) is 32.6 Å². The number of hydrogen-bond acceptors (Lipinski definition) is 5. The number of allylic oxidation sites excluding steroid dienone is 3. The maximum absolute atomic E-state index is 10.5. The number of halogens is 1. The molecule has 0 aliphatic heterocycles. The van der Waals surface area contributed by atoms with Gasteiger partial charge in [0, 0.05) is 30.9 Å². The molecule has 0 radical (unpaired) electrons. The van der Waals surface area contributed by atoms with Gasteiger partial charge in [-0.3, -0.25) is 0 Å². The molecule has 212 valence electrons. The van der Waals surface area contributed by atoms with Crippen molar-refractivity contribution in [1.82, 2.24) is 5.32 Å². The molecule has 1 atom stereocenters. The summed E-state index contributed by atoms with van der Waals surface area (Å²) >= 11 is 0. The minimum absolute atomic E-state index is 0.500. The second-order valence-corrected chi connectivity index (χ2v) is 8.87. The van der Waals surface area contributed by atoms with Crippen molar-refractivity contribution in [1.29, 1.82) is 0 Å². The Morgan fingerprint density at radius 3 is 2.30 bits per heavy atom. The first-order valence-electron chi connectivity index (χ1n) is 13.1. The third-order valence-electron chi connectivity index (χ3n) is 4.97. The Hall–Kier alpha value is -2.73.